The van der Waals surface area contributed by atoms with Crippen molar-refractivity contribution in [2.45, 2.75) is 57.8 Å². The Labute approximate surface area is 143 Å². The highest BCUT2D eigenvalue weighted by molar-refractivity contribution is 9.09. The first-order chi connectivity index (χ1) is 10.8. The largest absolute Gasteiger partial charge is 0.333 e. The quantitative estimate of drug-likeness (QED) is 0.374. The monoisotopic (exact) mass is 365 g/mol. The third-order valence-electron chi connectivity index (χ3n) is 3.61. The number of rotatable bonds is 12. The number of benzene rings is 1. The first-order valence-corrected chi connectivity index (χ1v) is 9.52. The van der Waals surface area contributed by atoms with Crippen LogP contribution in [0.1, 0.15) is 63.4 Å². The third-order valence-corrected chi connectivity index (χ3v) is 4.17. The van der Waals surface area contributed by atoms with Crippen LogP contribution in [-0.4, -0.2) is 11.2 Å². The number of carbonyl (C=O) groups excluding carboxylic acids is 1. The first kappa shape index (κ1) is 19.0. The zero-order chi connectivity index (χ0) is 15.9. The molecule has 22 heavy (non-hydrogen) atoms. The molecule has 0 radical (unpaired) electrons. The van der Waals surface area contributed by atoms with Gasteiger partial charge >= 0.3 is 0 Å². The van der Waals surface area contributed by atoms with Gasteiger partial charge in [0.05, 0.1) is 0 Å². The summed E-state index contributed by atoms with van der Waals surface area (Å²) in [4.78, 5) is 11.7. The van der Waals surface area contributed by atoms with Crippen molar-refractivity contribution in [3.05, 3.63) is 42.1 Å². The van der Waals surface area contributed by atoms with Gasteiger partial charge in [0.25, 0.3) is 0 Å². The number of hydrogen-bond donors (Lipinski definition) is 1. The molecule has 1 N–H and O–H groups in total. The molecule has 0 unspecified atom stereocenters. The van der Waals surface area contributed by atoms with Gasteiger partial charge in [-0.25, -0.2) is 0 Å². The first-order valence-electron chi connectivity index (χ1n) is 8.40. The van der Waals surface area contributed by atoms with Crippen LogP contribution in [0.5, 0.6) is 0 Å². The average Bonchev–Trinajstić information content (AvgIpc) is 2.54. The highest BCUT2D eigenvalue weighted by Gasteiger charge is 1.98. The van der Waals surface area contributed by atoms with Crippen molar-refractivity contribution in [2.75, 3.05) is 5.33 Å². The summed E-state index contributed by atoms with van der Waals surface area (Å²) >= 11 is 3.45. The van der Waals surface area contributed by atoms with Crippen LogP contribution in [0, 0.1) is 0 Å². The van der Waals surface area contributed by atoms with E-state index in [9.17, 15) is 4.79 Å². The third kappa shape index (κ3) is 10.6. The van der Waals surface area contributed by atoms with Gasteiger partial charge in [0.1, 0.15) is 0 Å². The maximum absolute atomic E-state index is 11.7. The van der Waals surface area contributed by atoms with Crippen molar-refractivity contribution < 1.29 is 4.79 Å². The standard InChI is InChI=1S/C19H28BrNO/c20-16-11-6-4-2-1-3-5-10-14-19(22)21-17-15-18-12-8-7-9-13-18/h7-9,12-13,15,17H,1-6,10-11,14,16H2,(H,21,22). The summed E-state index contributed by atoms with van der Waals surface area (Å²) in [5.41, 5.74) is 1.10. The molecule has 0 saturated carbocycles. The lowest BCUT2D eigenvalue weighted by Crippen LogP contribution is -2.16. The maximum Gasteiger partial charge on any atom is 0.223 e. The molecule has 0 aliphatic rings. The molecule has 0 fully saturated rings. The molecule has 0 bridgehead atoms. The van der Waals surface area contributed by atoms with Crippen LogP contribution < -0.4 is 5.32 Å². The van der Waals surface area contributed by atoms with Gasteiger partial charge in [0.15, 0.2) is 0 Å². The van der Waals surface area contributed by atoms with Crippen LogP contribution in [0.4, 0.5) is 0 Å². The normalized spacial score (nSPS) is 11.0. The highest BCUT2D eigenvalue weighted by Crippen LogP contribution is 2.10. The molecule has 1 rings (SSSR count). The molecule has 0 spiro atoms. The minimum absolute atomic E-state index is 0.115. The van der Waals surface area contributed by atoms with Crippen molar-refractivity contribution in [3.8, 4) is 0 Å². The van der Waals surface area contributed by atoms with Crippen molar-refractivity contribution in [3.63, 3.8) is 0 Å². The molecule has 0 saturated heterocycles. The molecule has 0 aliphatic heterocycles. The number of amides is 1. The Bertz CT molecular complexity index is 417. The number of unbranched alkanes of at least 4 members (excludes halogenated alkanes) is 7. The molecule has 122 valence electrons. The summed E-state index contributed by atoms with van der Waals surface area (Å²) in [6.07, 6.45) is 14.3. The fourth-order valence-electron chi connectivity index (χ4n) is 2.31. The van der Waals surface area contributed by atoms with E-state index < -0.39 is 0 Å². The molecular weight excluding hydrogens is 338 g/mol. The van der Waals surface area contributed by atoms with Crippen molar-refractivity contribution in [1.82, 2.24) is 5.32 Å². The van der Waals surface area contributed by atoms with Gasteiger partial charge in [-0.05, 0) is 24.5 Å². The molecule has 3 heteroatoms. The molecule has 2 nitrogen and oxygen atoms in total. The summed E-state index contributed by atoms with van der Waals surface area (Å²) in [5.74, 6) is 0.115. The van der Waals surface area contributed by atoms with Gasteiger partial charge in [-0.2, -0.15) is 0 Å². The van der Waals surface area contributed by atoms with E-state index in [1.54, 1.807) is 6.20 Å². The molecular formula is C19H28BrNO. The van der Waals surface area contributed by atoms with E-state index in [2.05, 4.69) is 21.2 Å². The number of carbonyl (C=O) groups is 1. The van der Waals surface area contributed by atoms with E-state index in [1.165, 1.54) is 38.5 Å². The molecule has 1 amide bonds. The summed E-state index contributed by atoms with van der Waals surface area (Å²) < 4.78 is 0. The second-order valence-electron chi connectivity index (χ2n) is 5.58. The molecule has 0 aromatic heterocycles. The van der Waals surface area contributed by atoms with E-state index in [0.717, 1.165) is 23.7 Å². The van der Waals surface area contributed by atoms with Crippen LogP contribution in [0.2, 0.25) is 0 Å². The molecule has 0 heterocycles. The van der Waals surface area contributed by atoms with Gasteiger partial charge < -0.3 is 5.32 Å². The number of nitrogens with one attached hydrogen (secondary N) is 1. The summed E-state index contributed by atoms with van der Waals surface area (Å²) in [6, 6.07) is 9.99. The van der Waals surface area contributed by atoms with Gasteiger partial charge in [-0.3, -0.25) is 4.79 Å². The highest BCUT2D eigenvalue weighted by atomic mass is 79.9. The minimum atomic E-state index is 0.115. The van der Waals surface area contributed by atoms with Crippen LogP contribution in [0.25, 0.3) is 6.08 Å². The summed E-state index contributed by atoms with van der Waals surface area (Å²) in [7, 11) is 0. The van der Waals surface area contributed by atoms with Gasteiger partial charge in [0, 0.05) is 18.0 Å². The van der Waals surface area contributed by atoms with E-state index in [0.29, 0.717) is 6.42 Å². The van der Waals surface area contributed by atoms with Crippen molar-refractivity contribution >= 4 is 27.9 Å². The van der Waals surface area contributed by atoms with E-state index in [4.69, 9.17) is 0 Å². The SMILES string of the molecule is O=C(CCCCCCCCCCBr)NC=Cc1ccccc1. The van der Waals surface area contributed by atoms with Crippen LogP contribution >= 0.6 is 15.9 Å². The lowest BCUT2D eigenvalue weighted by atomic mass is 10.1. The van der Waals surface area contributed by atoms with Gasteiger partial charge in [-0.15, -0.1) is 0 Å². The Morgan fingerprint density at radius 1 is 0.909 bits per heavy atom. The molecule has 0 aliphatic carbocycles. The van der Waals surface area contributed by atoms with E-state index >= 15 is 0 Å². The maximum atomic E-state index is 11.7. The second kappa shape index (κ2) is 13.6. The minimum Gasteiger partial charge on any atom is -0.333 e. The van der Waals surface area contributed by atoms with E-state index in [1.807, 2.05) is 36.4 Å². The predicted molar refractivity (Wildman–Crippen MR) is 99.0 cm³/mol. The predicted octanol–water partition coefficient (Wildman–Crippen LogP) is 5.68. The Hall–Kier alpha value is -1.09. The summed E-state index contributed by atoms with van der Waals surface area (Å²) in [6.45, 7) is 0. The second-order valence-corrected chi connectivity index (χ2v) is 6.37. The smallest absolute Gasteiger partial charge is 0.223 e. The fraction of sp³-hybridized carbons (Fsp3) is 0.526. The Morgan fingerprint density at radius 2 is 1.50 bits per heavy atom. The van der Waals surface area contributed by atoms with Gasteiger partial charge in [-0.1, -0.05) is 84.8 Å². The molecule has 0 atom stereocenters. The number of alkyl halides is 1. The summed E-state index contributed by atoms with van der Waals surface area (Å²) in [5, 5.41) is 3.96. The molecule has 1 aromatic rings. The van der Waals surface area contributed by atoms with Crippen LogP contribution in [-0.2, 0) is 4.79 Å². The van der Waals surface area contributed by atoms with E-state index in [-0.39, 0.29) is 5.91 Å². The van der Waals surface area contributed by atoms with Crippen molar-refractivity contribution in [1.29, 1.82) is 0 Å². The number of hydrogen-bond acceptors (Lipinski definition) is 1. The lowest BCUT2D eigenvalue weighted by Gasteiger charge is -2.02. The van der Waals surface area contributed by atoms with Crippen molar-refractivity contribution in [2.24, 2.45) is 0 Å². The fourth-order valence-corrected chi connectivity index (χ4v) is 2.70. The Balaban J connectivity index is 1.94. The topological polar surface area (TPSA) is 29.1 Å². The Kier molecular flexibility index (Phi) is 11.7. The average molecular weight is 366 g/mol. The van der Waals surface area contributed by atoms with Crippen LogP contribution in [0.15, 0.2) is 36.5 Å². The molecule has 1 aromatic carbocycles. The zero-order valence-corrected chi connectivity index (χ0v) is 15.0. The zero-order valence-electron chi connectivity index (χ0n) is 13.4. The Morgan fingerprint density at radius 3 is 2.14 bits per heavy atom. The van der Waals surface area contributed by atoms with Crippen LogP contribution in [0.3, 0.4) is 0 Å². The lowest BCUT2D eigenvalue weighted by molar-refractivity contribution is -0.120. The number of halogens is 1. The van der Waals surface area contributed by atoms with Gasteiger partial charge in [0.2, 0.25) is 5.91 Å².